The molecular formula is C25H22ClN5O4. The van der Waals surface area contributed by atoms with Crippen molar-refractivity contribution in [2.24, 2.45) is 0 Å². The molecule has 1 saturated carbocycles. The lowest BCUT2D eigenvalue weighted by atomic mass is 10.2. The second kappa shape index (κ2) is 9.34. The van der Waals surface area contributed by atoms with Crippen molar-refractivity contribution < 1.29 is 14.3 Å². The minimum Gasteiger partial charge on any atom is -0.462 e. The Morgan fingerprint density at radius 2 is 1.94 bits per heavy atom. The number of nitrogens with zero attached hydrogens (tertiary/aromatic N) is 4. The average molecular weight is 492 g/mol. The van der Waals surface area contributed by atoms with Crippen LogP contribution in [-0.4, -0.2) is 38.0 Å². The van der Waals surface area contributed by atoms with E-state index in [0.29, 0.717) is 32.9 Å². The predicted molar refractivity (Wildman–Crippen MR) is 131 cm³/mol. The fourth-order valence-corrected chi connectivity index (χ4v) is 4.09. The Morgan fingerprint density at radius 3 is 2.63 bits per heavy atom. The largest absolute Gasteiger partial charge is 0.462 e. The number of carbonyl (C=O) groups is 2. The number of halogens is 1. The van der Waals surface area contributed by atoms with Gasteiger partial charge in [-0.1, -0.05) is 17.7 Å². The Balaban J connectivity index is 1.45. The topological polar surface area (TPSA) is 108 Å². The molecule has 9 nitrogen and oxygen atoms in total. The SMILES string of the molecule is CCOC(=O)c1ccc(NC(=O)Cn2nc(C3CC3)c3cnn(-c4cccc(Cl)c4)c3c2=O)cc1. The van der Waals surface area contributed by atoms with Crippen LogP contribution in [0.5, 0.6) is 0 Å². The van der Waals surface area contributed by atoms with Gasteiger partial charge < -0.3 is 10.1 Å². The Kier molecular flexibility index (Phi) is 6.08. The number of hydrogen-bond acceptors (Lipinski definition) is 6. The lowest BCUT2D eigenvalue weighted by Gasteiger charge is -2.11. The number of ether oxygens (including phenoxy) is 1. The molecule has 10 heteroatoms. The molecule has 0 atom stereocenters. The highest BCUT2D eigenvalue weighted by Crippen LogP contribution is 2.41. The molecule has 2 heterocycles. The van der Waals surface area contributed by atoms with Crippen molar-refractivity contribution in [1.82, 2.24) is 19.6 Å². The van der Waals surface area contributed by atoms with E-state index in [4.69, 9.17) is 16.3 Å². The molecule has 5 rings (SSSR count). The maximum atomic E-state index is 13.4. The number of nitrogens with one attached hydrogen (secondary N) is 1. The third kappa shape index (κ3) is 4.67. The number of rotatable bonds is 7. The van der Waals surface area contributed by atoms with Crippen LogP contribution in [0.1, 0.15) is 41.7 Å². The summed E-state index contributed by atoms with van der Waals surface area (Å²) in [6.07, 6.45) is 3.59. The fraction of sp³-hybridized carbons (Fsp3) is 0.240. The van der Waals surface area contributed by atoms with Crippen LogP contribution < -0.4 is 10.9 Å². The van der Waals surface area contributed by atoms with Crippen molar-refractivity contribution in [3.8, 4) is 5.69 Å². The van der Waals surface area contributed by atoms with E-state index >= 15 is 0 Å². The summed E-state index contributed by atoms with van der Waals surface area (Å²) >= 11 is 6.15. The van der Waals surface area contributed by atoms with E-state index in [1.54, 1.807) is 60.3 Å². The molecule has 1 aliphatic rings. The molecule has 0 aliphatic heterocycles. The van der Waals surface area contributed by atoms with Crippen LogP contribution in [0.2, 0.25) is 5.02 Å². The summed E-state index contributed by atoms with van der Waals surface area (Å²) in [5, 5.41) is 12.9. The van der Waals surface area contributed by atoms with Gasteiger partial charge in [0.05, 0.1) is 29.7 Å². The zero-order chi connectivity index (χ0) is 24.5. The van der Waals surface area contributed by atoms with E-state index in [1.807, 2.05) is 6.07 Å². The van der Waals surface area contributed by atoms with Crippen molar-refractivity contribution in [2.75, 3.05) is 11.9 Å². The van der Waals surface area contributed by atoms with Gasteiger partial charge in [-0.3, -0.25) is 9.59 Å². The molecular weight excluding hydrogens is 470 g/mol. The number of hydrogen-bond donors (Lipinski definition) is 1. The van der Waals surface area contributed by atoms with Gasteiger partial charge in [-0.05, 0) is 62.2 Å². The van der Waals surface area contributed by atoms with Gasteiger partial charge in [0.2, 0.25) is 5.91 Å². The number of amides is 1. The van der Waals surface area contributed by atoms with E-state index < -0.39 is 17.4 Å². The molecule has 4 aromatic rings. The number of anilines is 1. The van der Waals surface area contributed by atoms with E-state index in [1.165, 1.54) is 4.68 Å². The van der Waals surface area contributed by atoms with Crippen LogP contribution in [0.25, 0.3) is 16.6 Å². The number of benzene rings is 2. The Labute approximate surface area is 205 Å². The highest BCUT2D eigenvalue weighted by atomic mass is 35.5. The van der Waals surface area contributed by atoms with Gasteiger partial charge in [0.1, 0.15) is 12.1 Å². The van der Waals surface area contributed by atoms with E-state index in [9.17, 15) is 14.4 Å². The molecule has 1 N–H and O–H groups in total. The molecule has 1 aliphatic carbocycles. The van der Waals surface area contributed by atoms with Crippen molar-refractivity contribution in [1.29, 1.82) is 0 Å². The van der Waals surface area contributed by atoms with E-state index in [0.717, 1.165) is 18.5 Å². The summed E-state index contributed by atoms with van der Waals surface area (Å²) in [6, 6.07) is 13.4. The molecule has 2 aromatic carbocycles. The van der Waals surface area contributed by atoms with E-state index in [-0.39, 0.29) is 19.1 Å². The highest BCUT2D eigenvalue weighted by Gasteiger charge is 2.30. The maximum Gasteiger partial charge on any atom is 0.338 e. The number of fused-ring (bicyclic) bond motifs is 1. The summed E-state index contributed by atoms with van der Waals surface area (Å²) in [6.45, 7) is 1.74. The molecule has 0 radical (unpaired) electrons. The number of aromatic nitrogens is 4. The first-order valence-corrected chi connectivity index (χ1v) is 11.6. The van der Waals surface area contributed by atoms with Crippen molar-refractivity contribution in [3.63, 3.8) is 0 Å². The number of esters is 1. The van der Waals surface area contributed by atoms with Gasteiger partial charge in [0.25, 0.3) is 5.56 Å². The molecule has 0 spiro atoms. The molecule has 178 valence electrons. The molecule has 35 heavy (non-hydrogen) atoms. The first-order valence-electron chi connectivity index (χ1n) is 11.3. The Morgan fingerprint density at radius 1 is 1.17 bits per heavy atom. The van der Waals surface area contributed by atoms with Crippen molar-refractivity contribution >= 4 is 40.1 Å². The van der Waals surface area contributed by atoms with Gasteiger partial charge in [-0.25, -0.2) is 14.2 Å². The summed E-state index contributed by atoms with van der Waals surface area (Å²) in [5.41, 5.74) is 2.22. The smallest absolute Gasteiger partial charge is 0.338 e. The third-order valence-electron chi connectivity index (χ3n) is 5.70. The van der Waals surface area contributed by atoms with Gasteiger partial charge in [0.15, 0.2) is 0 Å². The van der Waals surface area contributed by atoms with Crippen LogP contribution in [-0.2, 0) is 16.1 Å². The standard InChI is InChI=1S/C25H22ClN5O4/c1-2-35-25(34)16-8-10-18(11-9-16)28-21(32)14-30-24(33)23-20(22(29-30)15-6-7-15)13-27-31(23)19-5-3-4-17(26)12-19/h3-5,8-13,15H,2,6-7,14H2,1H3,(H,28,32). The summed E-state index contributed by atoms with van der Waals surface area (Å²) in [7, 11) is 0. The van der Waals surface area contributed by atoms with Crippen LogP contribution >= 0.6 is 11.6 Å². The third-order valence-corrected chi connectivity index (χ3v) is 5.94. The van der Waals surface area contributed by atoms with Crippen LogP contribution in [0.15, 0.2) is 59.5 Å². The van der Waals surface area contributed by atoms with Crippen molar-refractivity contribution in [3.05, 3.63) is 81.4 Å². The summed E-state index contributed by atoms with van der Waals surface area (Å²) < 4.78 is 7.69. The maximum absolute atomic E-state index is 13.4. The first-order chi connectivity index (χ1) is 16.9. The lowest BCUT2D eigenvalue weighted by Crippen LogP contribution is -2.31. The molecule has 0 unspecified atom stereocenters. The fourth-order valence-electron chi connectivity index (χ4n) is 3.90. The first kappa shape index (κ1) is 22.8. The molecule has 1 fully saturated rings. The zero-order valence-electron chi connectivity index (χ0n) is 18.9. The van der Waals surface area contributed by atoms with Crippen LogP contribution in [0, 0.1) is 0 Å². The van der Waals surface area contributed by atoms with E-state index in [2.05, 4.69) is 15.5 Å². The minimum absolute atomic E-state index is 0.236. The van der Waals surface area contributed by atoms with Gasteiger partial charge >= 0.3 is 5.97 Å². The highest BCUT2D eigenvalue weighted by molar-refractivity contribution is 6.30. The van der Waals surface area contributed by atoms with Crippen molar-refractivity contribution in [2.45, 2.75) is 32.2 Å². The van der Waals surface area contributed by atoms with Gasteiger partial charge in [-0.15, -0.1) is 0 Å². The van der Waals surface area contributed by atoms with Gasteiger partial charge in [-0.2, -0.15) is 10.2 Å². The second-order valence-corrected chi connectivity index (χ2v) is 8.70. The average Bonchev–Trinajstić information content (AvgIpc) is 3.59. The molecule has 0 saturated heterocycles. The summed E-state index contributed by atoms with van der Waals surface area (Å²) in [4.78, 5) is 38.0. The second-order valence-electron chi connectivity index (χ2n) is 8.27. The van der Waals surface area contributed by atoms with Crippen LogP contribution in [0.4, 0.5) is 5.69 Å². The molecule has 2 aromatic heterocycles. The quantitative estimate of drug-likeness (QED) is 0.392. The Bertz CT molecular complexity index is 1490. The Hall–Kier alpha value is -3.98. The zero-order valence-corrected chi connectivity index (χ0v) is 19.7. The predicted octanol–water partition coefficient (Wildman–Crippen LogP) is 3.93. The summed E-state index contributed by atoms with van der Waals surface area (Å²) in [5.74, 6) is -0.614. The van der Waals surface area contributed by atoms with Crippen LogP contribution in [0.3, 0.4) is 0 Å². The number of carbonyl (C=O) groups excluding carboxylic acids is 2. The van der Waals surface area contributed by atoms with Gasteiger partial charge in [0, 0.05) is 22.0 Å². The minimum atomic E-state index is -0.432. The lowest BCUT2D eigenvalue weighted by molar-refractivity contribution is -0.117. The monoisotopic (exact) mass is 491 g/mol. The normalized spacial score (nSPS) is 13.1. The molecule has 1 amide bonds. The molecule has 0 bridgehead atoms.